The van der Waals surface area contributed by atoms with E-state index in [-0.39, 0.29) is 0 Å². The molecule has 4 heteroatoms. The van der Waals surface area contributed by atoms with E-state index in [1.165, 1.54) is 10.5 Å². The Hall–Kier alpha value is -0.580. The molecule has 0 bridgehead atoms. The molecule has 1 saturated heterocycles. The third kappa shape index (κ3) is 3.48. The standard InChI is InChI=1S/C11H16N2OS/c1-9-4-11(7-13-5-9)15-8-10-6-12-2-3-14-10/h4-5,7,10,12H,2-3,6,8H2,1H3. The normalized spacial score (nSPS) is 21.5. The fourth-order valence-corrected chi connectivity index (χ4v) is 2.52. The van der Waals surface area contributed by atoms with Gasteiger partial charge in [-0.3, -0.25) is 4.98 Å². The highest BCUT2D eigenvalue weighted by atomic mass is 32.2. The van der Waals surface area contributed by atoms with Crippen LogP contribution in [0.2, 0.25) is 0 Å². The van der Waals surface area contributed by atoms with Gasteiger partial charge in [0.2, 0.25) is 0 Å². The molecule has 1 aliphatic rings. The molecule has 1 atom stereocenters. The number of ether oxygens (including phenoxy) is 1. The number of rotatable bonds is 3. The molecular weight excluding hydrogens is 208 g/mol. The summed E-state index contributed by atoms with van der Waals surface area (Å²) in [5.74, 6) is 0.998. The van der Waals surface area contributed by atoms with E-state index in [1.54, 1.807) is 0 Å². The number of nitrogens with zero attached hydrogens (tertiary/aromatic N) is 1. The highest BCUT2D eigenvalue weighted by molar-refractivity contribution is 7.99. The van der Waals surface area contributed by atoms with Crippen LogP contribution in [0.1, 0.15) is 5.56 Å². The molecule has 1 unspecified atom stereocenters. The van der Waals surface area contributed by atoms with Gasteiger partial charge in [-0.1, -0.05) is 0 Å². The summed E-state index contributed by atoms with van der Waals surface area (Å²) in [6, 6.07) is 2.16. The van der Waals surface area contributed by atoms with Crippen molar-refractivity contribution in [1.82, 2.24) is 10.3 Å². The van der Waals surface area contributed by atoms with Crippen molar-refractivity contribution < 1.29 is 4.74 Å². The first-order chi connectivity index (χ1) is 7.34. The number of nitrogens with one attached hydrogen (secondary N) is 1. The van der Waals surface area contributed by atoms with Gasteiger partial charge in [0.1, 0.15) is 0 Å². The van der Waals surface area contributed by atoms with Crippen LogP contribution in [0, 0.1) is 6.92 Å². The molecule has 0 aliphatic carbocycles. The minimum atomic E-state index is 0.337. The summed E-state index contributed by atoms with van der Waals surface area (Å²) in [5.41, 5.74) is 1.21. The number of morpholine rings is 1. The molecule has 1 N–H and O–H groups in total. The van der Waals surface area contributed by atoms with Gasteiger partial charge >= 0.3 is 0 Å². The van der Waals surface area contributed by atoms with Crippen LogP contribution in [0.15, 0.2) is 23.4 Å². The molecular formula is C11H16N2OS. The quantitative estimate of drug-likeness (QED) is 0.788. The van der Waals surface area contributed by atoms with Crippen molar-refractivity contribution in [3.8, 4) is 0 Å². The average molecular weight is 224 g/mol. The number of pyridine rings is 1. The maximum atomic E-state index is 5.63. The third-order valence-corrected chi connectivity index (χ3v) is 3.39. The predicted octanol–water partition coefficient (Wildman–Crippen LogP) is 1.47. The molecule has 0 amide bonds. The van der Waals surface area contributed by atoms with Crippen LogP contribution in [0.25, 0.3) is 0 Å². The van der Waals surface area contributed by atoms with E-state index >= 15 is 0 Å². The van der Waals surface area contributed by atoms with E-state index in [0.717, 1.165) is 25.4 Å². The number of hydrogen-bond acceptors (Lipinski definition) is 4. The van der Waals surface area contributed by atoms with Gasteiger partial charge in [0.15, 0.2) is 0 Å². The molecule has 82 valence electrons. The molecule has 2 rings (SSSR count). The lowest BCUT2D eigenvalue weighted by Gasteiger charge is -2.23. The monoisotopic (exact) mass is 224 g/mol. The van der Waals surface area contributed by atoms with Crippen molar-refractivity contribution in [2.75, 3.05) is 25.4 Å². The summed E-state index contributed by atoms with van der Waals surface area (Å²) >= 11 is 1.81. The van der Waals surface area contributed by atoms with Gasteiger partial charge < -0.3 is 10.1 Å². The molecule has 0 spiro atoms. The zero-order valence-electron chi connectivity index (χ0n) is 8.90. The number of aromatic nitrogens is 1. The van der Waals surface area contributed by atoms with E-state index in [4.69, 9.17) is 4.74 Å². The smallest absolute Gasteiger partial charge is 0.0793 e. The summed E-state index contributed by atoms with van der Waals surface area (Å²) in [6.45, 7) is 4.84. The van der Waals surface area contributed by atoms with Gasteiger partial charge in [0, 0.05) is 36.1 Å². The maximum absolute atomic E-state index is 5.63. The fraction of sp³-hybridized carbons (Fsp3) is 0.545. The van der Waals surface area contributed by atoms with Crippen LogP contribution in [-0.2, 0) is 4.74 Å². The molecule has 15 heavy (non-hydrogen) atoms. The van der Waals surface area contributed by atoms with Gasteiger partial charge in [-0.15, -0.1) is 11.8 Å². The zero-order chi connectivity index (χ0) is 10.5. The molecule has 3 nitrogen and oxygen atoms in total. The molecule has 2 heterocycles. The van der Waals surface area contributed by atoms with Crippen LogP contribution in [0.4, 0.5) is 0 Å². The Morgan fingerprint density at radius 3 is 3.27 bits per heavy atom. The third-order valence-electron chi connectivity index (χ3n) is 2.29. The van der Waals surface area contributed by atoms with E-state index in [1.807, 2.05) is 24.2 Å². The van der Waals surface area contributed by atoms with Crippen LogP contribution in [-0.4, -0.2) is 36.5 Å². The van der Waals surface area contributed by atoms with Crippen molar-refractivity contribution in [2.24, 2.45) is 0 Å². The number of thioether (sulfide) groups is 1. The Morgan fingerprint density at radius 1 is 1.60 bits per heavy atom. The lowest BCUT2D eigenvalue weighted by molar-refractivity contribution is 0.0441. The molecule has 0 aromatic carbocycles. The van der Waals surface area contributed by atoms with Gasteiger partial charge in [-0.25, -0.2) is 0 Å². The van der Waals surface area contributed by atoms with Crippen LogP contribution < -0.4 is 5.32 Å². The van der Waals surface area contributed by atoms with E-state index in [0.29, 0.717) is 6.10 Å². The minimum absolute atomic E-state index is 0.337. The largest absolute Gasteiger partial charge is 0.375 e. The highest BCUT2D eigenvalue weighted by Gasteiger charge is 2.13. The lowest BCUT2D eigenvalue weighted by Crippen LogP contribution is -2.39. The first-order valence-electron chi connectivity index (χ1n) is 5.21. The maximum Gasteiger partial charge on any atom is 0.0793 e. The van der Waals surface area contributed by atoms with E-state index in [2.05, 4.69) is 23.3 Å². The second-order valence-corrected chi connectivity index (χ2v) is 4.80. The molecule has 0 saturated carbocycles. The molecule has 1 aromatic heterocycles. The summed E-state index contributed by atoms with van der Waals surface area (Å²) in [5, 5.41) is 3.33. The van der Waals surface area contributed by atoms with Gasteiger partial charge in [0.05, 0.1) is 12.7 Å². The van der Waals surface area contributed by atoms with Gasteiger partial charge in [-0.05, 0) is 18.6 Å². The summed E-state index contributed by atoms with van der Waals surface area (Å²) in [7, 11) is 0. The number of hydrogen-bond donors (Lipinski definition) is 1. The second-order valence-electron chi connectivity index (χ2n) is 3.71. The first kappa shape index (κ1) is 10.9. The van der Waals surface area contributed by atoms with E-state index in [9.17, 15) is 0 Å². The Kier molecular flexibility index (Phi) is 4.00. The van der Waals surface area contributed by atoms with Gasteiger partial charge in [0.25, 0.3) is 0 Å². The second kappa shape index (κ2) is 5.49. The Morgan fingerprint density at radius 2 is 2.53 bits per heavy atom. The van der Waals surface area contributed by atoms with Crippen LogP contribution in [0.3, 0.4) is 0 Å². The summed E-state index contributed by atoms with van der Waals surface area (Å²) in [4.78, 5) is 5.40. The molecule has 1 fully saturated rings. The zero-order valence-corrected chi connectivity index (χ0v) is 9.72. The summed E-state index contributed by atoms with van der Waals surface area (Å²) < 4.78 is 5.63. The SMILES string of the molecule is Cc1cncc(SCC2CNCCO2)c1. The predicted molar refractivity (Wildman–Crippen MR) is 62.3 cm³/mol. The molecule has 0 radical (unpaired) electrons. The van der Waals surface area contributed by atoms with E-state index < -0.39 is 0 Å². The highest BCUT2D eigenvalue weighted by Crippen LogP contribution is 2.19. The first-order valence-corrected chi connectivity index (χ1v) is 6.20. The van der Waals surface area contributed by atoms with Crippen LogP contribution in [0.5, 0.6) is 0 Å². The van der Waals surface area contributed by atoms with Crippen molar-refractivity contribution in [3.05, 3.63) is 24.0 Å². The number of aryl methyl sites for hydroxylation is 1. The van der Waals surface area contributed by atoms with Gasteiger partial charge in [-0.2, -0.15) is 0 Å². The minimum Gasteiger partial charge on any atom is -0.375 e. The topological polar surface area (TPSA) is 34.2 Å². The molecule has 1 aliphatic heterocycles. The molecule has 1 aromatic rings. The van der Waals surface area contributed by atoms with Crippen molar-refractivity contribution in [3.63, 3.8) is 0 Å². The van der Waals surface area contributed by atoms with Crippen molar-refractivity contribution >= 4 is 11.8 Å². The Balaban J connectivity index is 1.81. The Labute approximate surface area is 94.6 Å². The fourth-order valence-electron chi connectivity index (χ4n) is 1.52. The van der Waals surface area contributed by atoms with Crippen LogP contribution >= 0.6 is 11.8 Å². The lowest BCUT2D eigenvalue weighted by atomic mass is 10.3. The summed E-state index contributed by atoms with van der Waals surface area (Å²) in [6.07, 6.45) is 4.13. The van der Waals surface area contributed by atoms with Crippen molar-refractivity contribution in [1.29, 1.82) is 0 Å². The average Bonchev–Trinajstić information content (AvgIpc) is 2.28. The van der Waals surface area contributed by atoms with Crippen molar-refractivity contribution in [2.45, 2.75) is 17.9 Å². The Bertz CT molecular complexity index is 313.